The van der Waals surface area contributed by atoms with Crippen LogP contribution in [-0.2, 0) is 0 Å². The molecule has 1 aromatic carbocycles. The Bertz CT molecular complexity index is 701. The minimum absolute atomic E-state index is 0.00327. The van der Waals surface area contributed by atoms with Gasteiger partial charge in [0, 0.05) is 42.2 Å². The molecule has 0 spiro atoms. The SMILES string of the molecule is O=C(c1cncc(-c2ccc(Cl)cc2)c1)N1CCCCC1CCO. The summed E-state index contributed by atoms with van der Waals surface area (Å²) in [4.78, 5) is 19.0. The number of amides is 1. The van der Waals surface area contributed by atoms with Crippen molar-refractivity contribution in [1.29, 1.82) is 0 Å². The zero-order valence-electron chi connectivity index (χ0n) is 13.5. The Morgan fingerprint density at radius 3 is 2.75 bits per heavy atom. The highest BCUT2D eigenvalue weighted by Crippen LogP contribution is 2.25. The number of aromatic nitrogens is 1. The number of piperidine rings is 1. The van der Waals surface area contributed by atoms with Gasteiger partial charge < -0.3 is 10.0 Å². The Balaban J connectivity index is 1.84. The molecule has 1 atom stereocenters. The standard InChI is InChI=1S/C19H21ClN2O2/c20-17-6-4-14(5-7-17)15-11-16(13-21-12-15)19(24)22-9-2-1-3-18(22)8-10-23/h4-7,11-13,18,23H,1-3,8-10H2. The van der Waals surface area contributed by atoms with Crippen molar-refractivity contribution in [3.63, 3.8) is 0 Å². The van der Waals surface area contributed by atoms with Crippen LogP contribution in [0.1, 0.15) is 36.0 Å². The van der Waals surface area contributed by atoms with E-state index in [0.717, 1.165) is 36.9 Å². The molecule has 24 heavy (non-hydrogen) atoms. The molecule has 5 heteroatoms. The van der Waals surface area contributed by atoms with Gasteiger partial charge in [-0.1, -0.05) is 23.7 Å². The predicted molar refractivity (Wildman–Crippen MR) is 95.1 cm³/mol. The summed E-state index contributed by atoms with van der Waals surface area (Å²) in [6, 6.07) is 9.49. The average Bonchev–Trinajstić information content (AvgIpc) is 2.63. The zero-order valence-corrected chi connectivity index (χ0v) is 14.2. The van der Waals surface area contributed by atoms with Crippen molar-refractivity contribution in [3.8, 4) is 11.1 Å². The van der Waals surface area contributed by atoms with Gasteiger partial charge in [-0.3, -0.25) is 9.78 Å². The molecular weight excluding hydrogens is 324 g/mol. The molecule has 0 aliphatic carbocycles. The molecule has 1 N–H and O–H groups in total. The monoisotopic (exact) mass is 344 g/mol. The first-order valence-corrected chi connectivity index (χ1v) is 8.69. The van der Waals surface area contributed by atoms with Gasteiger partial charge in [-0.25, -0.2) is 0 Å². The highest BCUT2D eigenvalue weighted by atomic mass is 35.5. The van der Waals surface area contributed by atoms with E-state index in [4.69, 9.17) is 11.6 Å². The summed E-state index contributed by atoms with van der Waals surface area (Å²) < 4.78 is 0. The average molecular weight is 345 g/mol. The Hall–Kier alpha value is -1.91. The fourth-order valence-corrected chi connectivity index (χ4v) is 3.37. The van der Waals surface area contributed by atoms with E-state index in [1.807, 2.05) is 35.2 Å². The molecule has 1 unspecified atom stereocenters. The molecular formula is C19H21ClN2O2. The summed E-state index contributed by atoms with van der Waals surface area (Å²) in [5.74, 6) is -0.00327. The maximum atomic E-state index is 12.9. The van der Waals surface area contributed by atoms with Crippen molar-refractivity contribution >= 4 is 17.5 Å². The molecule has 126 valence electrons. The van der Waals surface area contributed by atoms with Crippen molar-refractivity contribution in [3.05, 3.63) is 53.3 Å². The summed E-state index contributed by atoms with van der Waals surface area (Å²) in [7, 11) is 0. The van der Waals surface area contributed by atoms with Crippen LogP contribution in [0.4, 0.5) is 0 Å². The number of pyridine rings is 1. The third kappa shape index (κ3) is 3.77. The molecule has 2 heterocycles. The molecule has 1 saturated heterocycles. The van der Waals surface area contributed by atoms with Crippen LogP contribution in [0.15, 0.2) is 42.7 Å². The summed E-state index contributed by atoms with van der Waals surface area (Å²) in [6.45, 7) is 0.853. The highest BCUT2D eigenvalue weighted by Gasteiger charge is 2.27. The van der Waals surface area contributed by atoms with Gasteiger partial charge in [-0.2, -0.15) is 0 Å². The lowest BCUT2D eigenvalue weighted by molar-refractivity contribution is 0.0574. The quantitative estimate of drug-likeness (QED) is 0.918. The van der Waals surface area contributed by atoms with Gasteiger partial charge in [0.05, 0.1) is 5.56 Å². The number of likely N-dealkylation sites (tertiary alicyclic amines) is 1. The molecule has 0 radical (unpaired) electrons. The molecule has 1 fully saturated rings. The maximum Gasteiger partial charge on any atom is 0.255 e. The number of hydrogen-bond donors (Lipinski definition) is 1. The van der Waals surface area contributed by atoms with E-state index in [0.29, 0.717) is 17.0 Å². The van der Waals surface area contributed by atoms with Crippen LogP contribution in [-0.4, -0.2) is 40.1 Å². The van der Waals surface area contributed by atoms with E-state index < -0.39 is 0 Å². The van der Waals surface area contributed by atoms with E-state index in [-0.39, 0.29) is 18.6 Å². The fourth-order valence-electron chi connectivity index (χ4n) is 3.24. The third-order valence-electron chi connectivity index (χ3n) is 4.51. The van der Waals surface area contributed by atoms with E-state index in [2.05, 4.69) is 4.98 Å². The van der Waals surface area contributed by atoms with Gasteiger partial charge in [-0.05, 0) is 49.4 Å². The second-order valence-electron chi connectivity index (χ2n) is 6.13. The lowest BCUT2D eigenvalue weighted by Gasteiger charge is -2.35. The van der Waals surface area contributed by atoms with Crippen LogP contribution in [0, 0.1) is 0 Å². The highest BCUT2D eigenvalue weighted by molar-refractivity contribution is 6.30. The van der Waals surface area contributed by atoms with E-state index in [9.17, 15) is 9.90 Å². The molecule has 1 aromatic heterocycles. The largest absolute Gasteiger partial charge is 0.396 e. The summed E-state index contributed by atoms with van der Waals surface area (Å²) in [5, 5.41) is 9.92. The normalized spacial score (nSPS) is 17.8. The van der Waals surface area contributed by atoms with Gasteiger partial charge in [0.15, 0.2) is 0 Å². The predicted octanol–water partition coefficient (Wildman–Crippen LogP) is 3.78. The van der Waals surface area contributed by atoms with Gasteiger partial charge in [0.25, 0.3) is 5.91 Å². The molecule has 0 bridgehead atoms. The first-order chi connectivity index (χ1) is 11.7. The van der Waals surface area contributed by atoms with Crippen LogP contribution in [0.25, 0.3) is 11.1 Å². The lowest BCUT2D eigenvalue weighted by Crippen LogP contribution is -2.44. The number of carbonyl (C=O) groups is 1. The number of halogens is 1. The number of aliphatic hydroxyl groups is 1. The Kier molecular flexibility index (Phi) is 5.48. The van der Waals surface area contributed by atoms with E-state index >= 15 is 0 Å². The minimum Gasteiger partial charge on any atom is -0.396 e. The number of rotatable bonds is 4. The summed E-state index contributed by atoms with van der Waals surface area (Å²) >= 11 is 5.93. The van der Waals surface area contributed by atoms with Gasteiger partial charge in [0.2, 0.25) is 0 Å². The van der Waals surface area contributed by atoms with Crippen molar-refractivity contribution < 1.29 is 9.90 Å². The molecule has 2 aromatic rings. The van der Waals surface area contributed by atoms with Crippen molar-refractivity contribution in [2.75, 3.05) is 13.2 Å². The van der Waals surface area contributed by atoms with Crippen LogP contribution >= 0.6 is 11.6 Å². The number of benzene rings is 1. The third-order valence-corrected chi connectivity index (χ3v) is 4.77. The van der Waals surface area contributed by atoms with Crippen LogP contribution in [0.5, 0.6) is 0 Å². The molecule has 1 amide bonds. The van der Waals surface area contributed by atoms with E-state index in [1.54, 1.807) is 12.4 Å². The molecule has 1 aliphatic heterocycles. The first-order valence-electron chi connectivity index (χ1n) is 8.32. The summed E-state index contributed by atoms with van der Waals surface area (Å²) in [6.07, 6.45) is 7.08. The second kappa shape index (κ2) is 7.77. The van der Waals surface area contributed by atoms with Gasteiger partial charge in [0.1, 0.15) is 0 Å². The minimum atomic E-state index is -0.00327. The number of aliphatic hydroxyl groups excluding tert-OH is 1. The van der Waals surface area contributed by atoms with Crippen LogP contribution in [0.2, 0.25) is 5.02 Å². The topological polar surface area (TPSA) is 53.4 Å². The first kappa shape index (κ1) is 16.9. The van der Waals surface area contributed by atoms with Crippen molar-refractivity contribution in [2.24, 2.45) is 0 Å². The summed E-state index contributed by atoms with van der Waals surface area (Å²) in [5.41, 5.74) is 2.47. The molecule has 1 aliphatic rings. The smallest absolute Gasteiger partial charge is 0.255 e. The Labute approximate surface area is 147 Å². The lowest BCUT2D eigenvalue weighted by atomic mass is 9.98. The van der Waals surface area contributed by atoms with Crippen molar-refractivity contribution in [2.45, 2.75) is 31.7 Å². The molecule has 4 nitrogen and oxygen atoms in total. The van der Waals surface area contributed by atoms with Gasteiger partial charge >= 0.3 is 0 Å². The maximum absolute atomic E-state index is 12.9. The van der Waals surface area contributed by atoms with Crippen LogP contribution < -0.4 is 0 Å². The molecule has 3 rings (SSSR count). The van der Waals surface area contributed by atoms with Gasteiger partial charge in [-0.15, -0.1) is 0 Å². The van der Waals surface area contributed by atoms with E-state index in [1.165, 1.54) is 0 Å². The fraction of sp³-hybridized carbons (Fsp3) is 0.368. The Morgan fingerprint density at radius 1 is 1.21 bits per heavy atom. The van der Waals surface area contributed by atoms with Crippen LogP contribution in [0.3, 0.4) is 0 Å². The number of hydrogen-bond acceptors (Lipinski definition) is 3. The van der Waals surface area contributed by atoms with Crippen molar-refractivity contribution in [1.82, 2.24) is 9.88 Å². The Morgan fingerprint density at radius 2 is 2.00 bits per heavy atom. The zero-order chi connectivity index (χ0) is 16.9. The molecule has 0 saturated carbocycles. The second-order valence-corrected chi connectivity index (χ2v) is 6.57. The number of carbonyl (C=O) groups excluding carboxylic acids is 1. The number of nitrogens with zero attached hydrogens (tertiary/aromatic N) is 2.